The molecule has 0 bridgehead atoms. The van der Waals surface area contributed by atoms with Crippen molar-refractivity contribution in [3.8, 4) is 6.07 Å². The molecule has 0 aliphatic carbocycles. The van der Waals surface area contributed by atoms with Crippen LogP contribution in [-0.4, -0.2) is 4.92 Å². The first-order valence-electron chi connectivity index (χ1n) is 3.52. The van der Waals surface area contributed by atoms with Crippen LogP contribution < -0.4 is 0 Å². The van der Waals surface area contributed by atoms with Crippen molar-refractivity contribution in [1.82, 2.24) is 0 Å². The fraction of sp³-hybridized carbons (Fsp3) is 0.125. The maximum absolute atomic E-state index is 13.2. The Morgan fingerprint density at radius 3 is 2.71 bits per heavy atom. The quantitative estimate of drug-likeness (QED) is 0.533. The van der Waals surface area contributed by atoms with Gasteiger partial charge >= 0.3 is 0 Å². The van der Waals surface area contributed by atoms with Gasteiger partial charge in [-0.15, -0.1) is 0 Å². The van der Waals surface area contributed by atoms with Gasteiger partial charge in [0.2, 0.25) is 0 Å². The van der Waals surface area contributed by atoms with Crippen LogP contribution in [0.2, 0.25) is 5.02 Å². The van der Waals surface area contributed by atoms with E-state index in [-0.39, 0.29) is 16.1 Å². The molecule has 1 rings (SSSR count). The molecule has 0 atom stereocenters. The van der Waals surface area contributed by atoms with Crippen molar-refractivity contribution in [2.24, 2.45) is 0 Å². The first-order valence-corrected chi connectivity index (χ1v) is 3.90. The standard InChI is InChI=1S/C8H4ClFN2O2/c1-4-7(10)5(3-11)2-6(9)8(4)12(13)14/h2H,1H3. The summed E-state index contributed by atoms with van der Waals surface area (Å²) >= 11 is 5.52. The normalized spacial score (nSPS) is 9.57. The average Bonchev–Trinajstić information content (AvgIpc) is 2.10. The van der Waals surface area contributed by atoms with Crippen LogP contribution in [0.1, 0.15) is 11.1 Å². The summed E-state index contributed by atoms with van der Waals surface area (Å²) in [6.07, 6.45) is 0. The van der Waals surface area contributed by atoms with E-state index in [1.54, 1.807) is 6.07 Å². The van der Waals surface area contributed by atoms with Gasteiger partial charge in [0.15, 0.2) is 5.82 Å². The highest BCUT2D eigenvalue weighted by Gasteiger charge is 2.22. The summed E-state index contributed by atoms with van der Waals surface area (Å²) < 4.78 is 13.2. The van der Waals surface area contributed by atoms with Gasteiger partial charge < -0.3 is 0 Å². The van der Waals surface area contributed by atoms with E-state index < -0.39 is 16.4 Å². The van der Waals surface area contributed by atoms with Gasteiger partial charge in [0.05, 0.1) is 16.1 Å². The SMILES string of the molecule is Cc1c(F)c(C#N)cc(Cl)c1[N+](=O)[O-]. The van der Waals surface area contributed by atoms with Crippen molar-refractivity contribution < 1.29 is 9.31 Å². The van der Waals surface area contributed by atoms with Crippen molar-refractivity contribution in [3.63, 3.8) is 0 Å². The average molecular weight is 215 g/mol. The fourth-order valence-corrected chi connectivity index (χ4v) is 1.37. The maximum atomic E-state index is 13.2. The Hall–Kier alpha value is -1.67. The highest BCUT2D eigenvalue weighted by Crippen LogP contribution is 2.31. The number of nitriles is 1. The fourth-order valence-electron chi connectivity index (χ4n) is 1.05. The van der Waals surface area contributed by atoms with E-state index in [2.05, 4.69) is 0 Å². The van der Waals surface area contributed by atoms with Gasteiger partial charge in [0, 0.05) is 0 Å². The maximum Gasteiger partial charge on any atom is 0.293 e. The molecule has 0 spiro atoms. The van der Waals surface area contributed by atoms with Crippen molar-refractivity contribution in [1.29, 1.82) is 5.26 Å². The van der Waals surface area contributed by atoms with E-state index >= 15 is 0 Å². The molecule has 0 radical (unpaired) electrons. The van der Waals surface area contributed by atoms with Crippen LogP contribution >= 0.6 is 11.6 Å². The third-order valence-corrected chi connectivity index (χ3v) is 2.01. The largest absolute Gasteiger partial charge is 0.293 e. The number of halogens is 2. The second kappa shape index (κ2) is 3.60. The lowest BCUT2D eigenvalue weighted by Gasteiger charge is -2.02. The van der Waals surface area contributed by atoms with E-state index in [4.69, 9.17) is 16.9 Å². The zero-order chi connectivity index (χ0) is 10.9. The zero-order valence-electron chi connectivity index (χ0n) is 7.04. The third-order valence-electron chi connectivity index (χ3n) is 1.72. The van der Waals surface area contributed by atoms with Crippen LogP contribution in [0.4, 0.5) is 10.1 Å². The lowest BCUT2D eigenvalue weighted by Crippen LogP contribution is -1.98. The highest BCUT2D eigenvalue weighted by molar-refractivity contribution is 6.32. The van der Waals surface area contributed by atoms with E-state index in [9.17, 15) is 14.5 Å². The lowest BCUT2D eigenvalue weighted by atomic mass is 10.1. The van der Waals surface area contributed by atoms with E-state index in [1.165, 1.54) is 6.92 Å². The molecule has 0 unspecified atom stereocenters. The van der Waals surface area contributed by atoms with Crippen LogP contribution in [-0.2, 0) is 0 Å². The third kappa shape index (κ3) is 1.52. The zero-order valence-corrected chi connectivity index (χ0v) is 7.80. The molecule has 1 aromatic rings. The Kier molecular flexibility index (Phi) is 2.68. The predicted octanol–water partition coefficient (Wildman–Crippen LogP) is 2.57. The van der Waals surface area contributed by atoms with Gasteiger partial charge in [-0.2, -0.15) is 5.26 Å². The monoisotopic (exact) mass is 214 g/mol. The molecule has 6 heteroatoms. The summed E-state index contributed by atoms with van der Waals surface area (Å²) in [5.41, 5.74) is -1.01. The molecule has 0 aromatic heterocycles. The summed E-state index contributed by atoms with van der Waals surface area (Å²) in [7, 11) is 0. The predicted molar refractivity (Wildman–Crippen MR) is 47.5 cm³/mol. The number of hydrogen-bond acceptors (Lipinski definition) is 3. The molecule has 0 aliphatic rings. The summed E-state index contributed by atoms with van der Waals surface area (Å²) in [5, 5.41) is 18.7. The van der Waals surface area contributed by atoms with Gasteiger partial charge in [-0.3, -0.25) is 10.1 Å². The molecule has 0 fully saturated rings. The van der Waals surface area contributed by atoms with Crippen LogP contribution in [0.25, 0.3) is 0 Å². The minimum atomic E-state index is -0.899. The molecule has 0 heterocycles. The van der Waals surface area contributed by atoms with Crippen LogP contribution in [0.5, 0.6) is 0 Å². The van der Waals surface area contributed by atoms with Crippen LogP contribution in [0.3, 0.4) is 0 Å². The molecule has 0 N–H and O–H groups in total. The molecule has 0 amide bonds. The number of rotatable bonds is 1. The summed E-state index contributed by atoms with van der Waals surface area (Å²) in [6.45, 7) is 1.21. The van der Waals surface area contributed by atoms with Gasteiger partial charge in [-0.25, -0.2) is 4.39 Å². The Morgan fingerprint density at radius 2 is 2.29 bits per heavy atom. The molecule has 0 aliphatic heterocycles. The van der Waals surface area contributed by atoms with Crippen molar-refractivity contribution >= 4 is 17.3 Å². The summed E-state index contributed by atoms with van der Waals surface area (Å²) in [5.74, 6) is -0.899. The molecule has 72 valence electrons. The molecule has 14 heavy (non-hydrogen) atoms. The minimum Gasteiger partial charge on any atom is -0.258 e. The topological polar surface area (TPSA) is 66.9 Å². The van der Waals surface area contributed by atoms with Crippen LogP contribution in [0.15, 0.2) is 6.07 Å². The molecule has 1 aromatic carbocycles. The van der Waals surface area contributed by atoms with Gasteiger partial charge in [-0.05, 0) is 13.0 Å². The first-order chi connectivity index (χ1) is 6.49. The Labute approximate surface area is 83.7 Å². The molecular formula is C8H4ClFN2O2. The van der Waals surface area contributed by atoms with E-state index in [0.29, 0.717) is 0 Å². The second-order valence-electron chi connectivity index (χ2n) is 2.56. The smallest absolute Gasteiger partial charge is 0.258 e. The molecule has 0 saturated heterocycles. The molecule has 4 nitrogen and oxygen atoms in total. The van der Waals surface area contributed by atoms with Gasteiger partial charge in [0.1, 0.15) is 11.1 Å². The van der Waals surface area contributed by atoms with Gasteiger partial charge in [-0.1, -0.05) is 11.6 Å². The first kappa shape index (κ1) is 10.4. The van der Waals surface area contributed by atoms with Crippen LogP contribution in [0, 0.1) is 34.2 Å². The molecule has 0 saturated carbocycles. The van der Waals surface area contributed by atoms with Crippen molar-refractivity contribution in [3.05, 3.63) is 38.1 Å². The summed E-state index contributed by atoms with van der Waals surface area (Å²) in [6, 6.07) is 2.51. The van der Waals surface area contributed by atoms with E-state index in [0.717, 1.165) is 6.07 Å². The highest BCUT2D eigenvalue weighted by atomic mass is 35.5. The second-order valence-corrected chi connectivity index (χ2v) is 2.97. The summed E-state index contributed by atoms with van der Waals surface area (Å²) in [4.78, 5) is 9.69. The number of benzene rings is 1. The Balaban J connectivity index is 3.59. The minimum absolute atomic E-state index is 0.223. The lowest BCUT2D eigenvalue weighted by molar-refractivity contribution is -0.385. The Bertz CT molecular complexity index is 454. The van der Waals surface area contributed by atoms with Crippen molar-refractivity contribution in [2.45, 2.75) is 6.92 Å². The number of nitro benzene ring substituents is 1. The number of hydrogen-bond donors (Lipinski definition) is 0. The number of nitro groups is 1. The van der Waals surface area contributed by atoms with Crippen molar-refractivity contribution in [2.75, 3.05) is 0 Å². The van der Waals surface area contributed by atoms with Gasteiger partial charge in [0.25, 0.3) is 5.69 Å². The Morgan fingerprint density at radius 1 is 1.71 bits per heavy atom. The molecular weight excluding hydrogens is 211 g/mol. The number of nitrogens with zero attached hydrogens (tertiary/aromatic N) is 2. The van der Waals surface area contributed by atoms with E-state index in [1.807, 2.05) is 0 Å².